The van der Waals surface area contributed by atoms with Crippen LogP contribution in [0.5, 0.6) is 0 Å². The van der Waals surface area contributed by atoms with Gasteiger partial charge in [-0.05, 0) is 18.6 Å². The molecule has 0 aliphatic heterocycles. The topological polar surface area (TPSA) is 58.9 Å². The smallest absolute Gasteiger partial charge is 0.326 e. The lowest BCUT2D eigenvalue weighted by molar-refractivity contribution is -0.141. The molecule has 0 aliphatic carbocycles. The molecule has 0 amide bonds. The molecule has 0 spiro atoms. The molecule has 86 valence electrons. The Morgan fingerprint density at radius 1 is 1.47 bits per heavy atom. The Kier molecular flexibility index (Phi) is 4.36. The van der Waals surface area contributed by atoms with E-state index in [4.69, 9.17) is 5.73 Å². The Balaban J connectivity index is 0.00000196. The molecule has 15 heavy (non-hydrogen) atoms. The van der Waals surface area contributed by atoms with Crippen LogP contribution >= 0.6 is 12.4 Å². The van der Waals surface area contributed by atoms with Gasteiger partial charge in [0.15, 0.2) is 0 Å². The second-order valence-corrected chi connectivity index (χ2v) is 2.88. The Morgan fingerprint density at radius 2 is 2.00 bits per heavy atom. The number of nitrogens with two attached hydrogens (primary N) is 1. The zero-order chi connectivity index (χ0) is 10.9. The minimum atomic E-state index is -4.53. The predicted molar refractivity (Wildman–Crippen MR) is 51.9 cm³/mol. The van der Waals surface area contributed by atoms with Gasteiger partial charge in [0.1, 0.15) is 5.69 Å². The van der Waals surface area contributed by atoms with Gasteiger partial charge in [0.25, 0.3) is 5.56 Å². The molecule has 0 bridgehead atoms. The third-order valence-corrected chi connectivity index (χ3v) is 1.87. The standard InChI is InChI=1S/C8H9F3N2O.ClH/c1-4-2-6(8(9,10)11)13-7(14)5(4)3-12;/h2H,3,12H2,1H3,(H,13,14);1H. The number of rotatable bonds is 1. The van der Waals surface area contributed by atoms with Crippen LogP contribution in [0, 0.1) is 6.92 Å². The summed E-state index contributed by atoms with van der Waals surface area (Å²) in [4.78, 5) is 12.9. The maximum Gasteiger partial charge on any atom is 0.431 e. The summed E-state index contributed by atoms with van der Waals surface area (Å²) in [6.07, 6.45) is -4.53. The second-order valence-electron chi connectivity index (χ2n) is 2.88. The molecule has 1 rings (SSSR count). The van der Waals surface area contributed by atoms with Crippen LogP contribution in [0.25, 0.3) is 0 Å². The molecule has 3 N–H and O–H groups in total. The fourth-order valence-corrected chi connectivity index (χ4v) is 1.12. The molecular weight excluding hydrogens is 233 g/mol. The quantitative estimate of drug-likeness (QED) is 0.786. The van der Waals surface area contributed by atoms with Crippen LogP contribution in [0.1, 0.15) is 16.8 Å². The van der Waals surface area contributed by atoms with Gasteiger partial charge in [-0.2, -0.15) is 13.2 Å². The molecule has 1 aromatic heterocycles. The number of alkyl halides is 3. The number of aromatic nitrogens is 1. The molecule has 0 aliphatic rings. The van der Waals surface area contributed by atoms with Crippen LogP contribution in [0.2, 0.25) is 0 Å². The van der Waals surface area contributed by atoms with Crippen molar-refractivity contribution in [3.05, 3.63) is 33.2 Å². The van der Waals surface area contributed by atoms with E-state index in [1.807, 2.05) is 0 Å². The van der Waals surface area contributed by atoms with E-state index in [2.05, 4.69) is 0 Å². The Morgan fingerprint density at radius 3 is 2.33 bits per heavy atom. The van der Waals surface area contributed by atoms with Gasteiger partial charge in [-0.25, -0.2) is 0 Å². The molecule has 0 saturated heterocycles. The van der Waals surface area contributed by atoms with Crippen molar-refractivity contribution in [3.8, 4) is 0 Å². The zero-order valence-electron chi connectivity index (χ0n) is 7.81. The highest BCUT2D eigenvalue weighted by atomic mass is 35.5. The fraction of sp³-hybridized carbons (Fsp3) is 0.375. The highest BCUT2D eigenvalue weighted by molar-refractivity contribution is 5.85. The Labute approximate surface area is 89.9 Å². The van der Waals surface area contributed by atoms with E-state index >= 15 is 0 Å². The maximum atomic E-state index is 12.2. The van der Waals surface area contributed by atoms with Crippen molar-refractivity contribution < 1.29 is 13.2 Å². The van der Waals surface area contributed by atoms with E-state index in [0.29, 0.717) is 0 Å². The van der Waals surface area contributed by atoms with Crippen molar-refractivity contribution in [3.63, 3.8) is 0 Å². The molecule has 0 radical (unpaired) electrons. The summed E-state index contributed by atoms with van der Waals surface area (Å²) in [7, 11) is 0. The molecule has 3 nitrogen and oxygen atoms in total. The summed E-state index contributed by atoms with van der Waals surface area (Å²) in [6, 6.07) is 0.879. The average molecular weight is 243 g/mol. The molecule has 0 atom stereocenters. The van der Waals surface area contributed by atoms with E-state index in [1.54, 1.807) is 4.98 Å². The van der Waals surface area contributed by atoms with Gasteiger partial charge in [0, 0.05) is 12.1 Å². The number of pyridine rings is 1. The van der Waals surface area contributed by atoms with Crippen molar-refractivity contribution in [2.75, 3.05) is 0 Å². The van der Waals surface area contributed by atoms with E-state index in [-0.39, 0.29) is 30.1 Å². The largest absolute Gasteiger partial charge is 0.431 e. The molecular formula is C8H10ClF3N2O. The SMILES string of the molecule is Cc1cc(C(F)(F)F)[nH]c(=O)c1CN.Cl. The fourth-order valence-electron chi connectivity index (χ4n) is 1.12. The predicted octanol–water partition coefficient (Wildman–Crippen LogP) is 1.58. The summed E-state index contributed by atoms with van der Waals surface area (Å²) < 4.78 is 36.5. The first kappa shape index (κ1) is 14.0. The summed E-state index contributed by atoms with van der Waals surface area (Å²) >= 11 is 0. The van der Waals surface area contributed by atoms with Crippen LogP contribution in [-0.2, 0) is 12.7 Å². The molecule has 1 heterocycles. The third-order valence-electron chi connectivity index (χ3n) is 1.87. The summed E-state index contributed by atoms with van der Waals surface area (Å²) in [5.74, 6) is 0. The van der Waals surface area contributed by atoms with Crippen LogP contribution in [0.3, 0.4) is 0 Å². The minimum absolute atomic E-state index is 0. The number of hydrogen-bond acceptors (Lipinski definition) is 2. The third kappa shape index (κ3) is 2.97. The van der Waals surface area contributed by atoms with Crippen LogP contribution in [0.4, 0.5) is 13.2 Å². The minimum Gasteiger partial charge on any atom is -0.326 e. The lowest BCUT2D eigenvalue weighted by Gasteiger charge is -2.09. The highest BCUT2D eigenvalue weighted by Crippen LogP contribution is 2.27. The highest BCUT2D eigenvalue weighted by Gasteiger charge is 2.32. The van der Waals surface area contributed by atoms with Crippen molar-refractivity contribution in [2.45, 2.75) is 19.6 Å². The number of aromatic amines is 1. The summed E-state index contributed by atoms with van der Waals surface area (Å²) in [5.41, 5.74) is 3.82. The van der Waals surface area contributed by atoms with Gasteiger partial charge >= 0.3 is 6.18 Å². The number of aryl methyl sites for hydroxylation is 1. The monoisotopic (exact) mass is 242 g/mol. The number of hydrogen-bond donors (Lipinski definition) is 2. The first-order valence-electron chi connectivity index (χ1n) is 3.86. The van der Waals surface area contributed by atoms with Crippen molar-refractivity contribution in [1.29, 1.82) is 0 Å². The second kappa shape index (κ2) is 4.67. The number of halogens is 4. The Hall–Kier alpha value is -1.01. The van der Waals surface area contributed by atoms with Crippen LogP contribution in [-0.4, -0.2) is 4.98 Å². The molecule has 0 aromatic carbocycles. The van der Waals surface area contributed by atoms with Gasteiger partial charge < -0.3 is 10.7 Å². The van der Waals surface area contributed by atoms with E-state index in [1.165, 1.54) is 6.92 Å². The number of H-pyrrole nitrogens is 1. The van der Waals surface area contributed by atoms with Crippen molar-refractivity contribution >= 4 is 12.4 Å². The van der Waals surface area contributed by atoms with E-state index < -0.39 is 17.4 Å². The van der Waals surface area contributed by atoms with Gasteiger partial charge in [-0.15, -0.1) is 12.4 Å². The summed E-state index contributed by atoms with van der Waals surface area (Å²) in [6.45, 7) is 1.35. The number of nitrogens with one attached hydrogen (secondary N) is 1. The zero-order valence-corrected chi connectivity index (χ0v) is 8.63. The van der Waals surface area contributed by atoms with E-state index in [9.17, 15) is 18.0 Å². The normalized spacial score (nSPS) is 11.0. The first-order valence-corrected chi connectivity index (χ1v) is 3.86. The Bertz CT molecular complexity index is 400. The van der Waals surface area contributed by atoms with Crippen LogP contribution in [0.15, 0.2) is 10.9 Å². The van der Waals surface area contributed by atoms with Crippen molar-refractivity contribution in [1.82, 2.24) is 4.98 Å². The van der Waals surface area contributed by atoms with Gasteiger partial charge in [0.2, 0.25) is 0 Å². The van der Waals surface area contributed by atoms with Crippen LogP contribution < -0.4 is 11.3 Å². The molecule has 0 saturated carbocycles. The maximum absolute atomic E-state index is 12.2. The van der Waals surface area contributed by atoms with Gasteiger partial charge in [-0.3, -0.25) is 4.79 Å². The molecule has 0 unspecified atom stereocenters. The van der Waals surface area contributed by atoms with E-state index in [0.717, 1.165) is 6.07 Å². The molecule has 1 aromatic rings. The average Bonchev–Trinajstić information content (AvgIpc) is 2.01. The molecule has 0 fully saturated rings. The van der Waals surface area contributed by atoms with Gasteiger partial charge in [0.05, 0.1) is 0 Å². The molecule has 7 heteroatoms. The van der Waals surface area contributed by atoms with Gasteiger partial charge in [-0.1, -0.05) is 0 Å². The lowest BCUT2D eigenvalue weighted by Crippen LogP contribution is -2.22. The van der Waals surface area contributed by atoms with Crippen molar-refractivity contribution in [2.24, 2.45) is 5.73 Å². The lowest BCUT2D eigenvalue weighted by atomic mass is 10.1. The summed E-state index contributed by atoms with van der Waals surface area (Å²) in [5, 5.41) is 0. The first-order chi connectivity index (χ1) is 6.36.